The van der Waals surface area contributed by atoms with Gasteiger partial charge in [0.25, 0.3) is 0 Å². The summed E-state index contributed by atoms with van der Waals surface area (Å²) < 4.78 is 39.8. The molecule has 0 nitrogen and oxygen atoms in total. The molecule has 2 aromatic rings. The van der Waals surface area contributed by atoms with Crippen LogP contribution >= 0.6 is 54.8 Å². The van der Waals surface area contributed by atoms with Crippen molar-refractivity contribution >= 4 is 54.8 Å². The van der Waals surface area contributed by atoms with Crippen LogP contribution < -0.4 is 0 Å². The van der Waals surface area contributed by atoms with Crippen LogP contribution in [0.25, 0.3) is 0 Å². The maximum atomic E-state index is 12.8. The first-order valence-corrected chi connectivity index (χ1v) is 8.30. The Balaban J connectivity index is 2.49. The zero-order valence-corrected chi connectivity index (χ0v) is 14.8. The van der Waals surface area contributed by atoms with Crippen molar-refractivity contribution in [2.75, 3.05) is 0 Å². The molecule has 7 heteroatoms. The predicted octanol–water partition coefficient (Wildman–Crippen LogP) is 6.93. The Kier molecular flexibility index (Phi) is 4.89. The Labute approximate surface area is 140 Å². The Morgan fingerprint density at radius 2 is 1.80 bits per heavy atom. The van der Waals surface area contributed by atoms with Gasteiger partial charge in [0.1, 0.15) is 0 Å². The standard InChI is InChI=1S/C13H8Br2ClF3S/c1-6-8(5-11(15)20-6)12(16)9-4-7(13(17,18)19)2-3-10(9)14/h2-5,12H,1H3. The molecule has 0 radical (unpaired) electrons. The SMILES string of the molecule is Cc1sc(Br)cc1C(Cl)c1cc(C(F)(F)F)ccc1Br. The molecule has 0 saturated heterocycles. The fourth-order valence-electron chi connectivity index (χ4n) is 1.79. The third kappa shape index (κ3) is 3.40. The van der Waals surface area contributed by atoms with Gasteiger partial charge in [-0.25, -0.2) is 0 Å². The highest BCUT2D eigenvalue weighted by Crippen LogP contribution is 2.41. The van der Waals surface area contributed by atoms with Gasteiger partial charge in [-0.05, 0) is 58.2 Å². The van der Waals surface area contributed by atoms with Crippen molar-refractivity contribution in [1.29, 1.82) is 0 Å². The Morgan fingerprint density at radius 3 is 2.30 bits per heavy atom. The molecule has 0 spiro atoms. The minimum absolute atomic E-state index is 0.412. The number of hydrogen-bond acceptors (Lipinski definition) is 1. The summed E-state index contributed by atoms with van der Waals surface area (Å²) in [6, 6.07) is 5.34. The van der Waals surface area contributed by atoms with E-state index in [0.717, 1.165) is 26.4 Å². The van der Waals surface area contributed by atoms with Gasteiger partial charge in [0.15, 0.2) is 0 Å². The highest BCUT2D eigenvalue weighted by atomic mass is 79.9. The van der Waals surface area contributed by atoms with E-state index in [1.54, 1.807) is 0 Å². The summed E-state index contributed by atoms with van der Waals surface area (Å²) in [5, 5.41) is -0.630. The number of hydrogen-bond donors (Lipinski definition) is 0. The molecular weight excluding hydrogens is 440 g/mol. The van der Waals surface area contributed by atoms with Crippen molar-refractivity contribution in [3.8, 4) is 0 Å². The van der Waals surface area contributed by atoms with Crippen LogP contribution in [-0.2, 0) is 6.18 Å². The van der Waals surface area contributed by atoms with E-state index in [2.05, 4.69) is 31.9 Å². The van der Waals surface area contributed by atoms with Gasteiger partial charge in [-0.1, -0.05) is 15.9 Å². The maximum Gasteiger partial charge on any atom is 0.416 e. The molecule has 1 aromatic carbocycles. The van der Waals surface area contributed by atoms with E-state index >= 15 is 0 Å². The average molecular weight is 449 g/mol. The molecule has 0 aliphatic carbocycles. The van der Waals surface area contributed by atoms with Crippen molar-refractivity contribution in [2.24, 2.45) is 0 Å². The van der Waals surface area contributed by atoms with Crippen molar-refractivity contribution in [1.82, 2.24) is 0 Å². The zero-order valence-electron chi connectivity index (χ0n) is 10.1. The number of alkyl halides is 4. The fraction of sp³-hybridized carbons (Fsp3) is 0.231. The highest BCUT2D eigenvalue weighted by molar-refractivity contribution is 9.11. The van der Waals surface area contributed by atoms with Crippen molar-refractivity contribution in [3.05, 3.63) is 54.1 Å². The van der Waals surface area contributed by atoms with Crippen LogP contribution in [0.4, 0.5) is 13.2 Å². The van der Waals surface area contributed by atoms with E-state index < -0.39 is 17.1 Å². The molecular formula is C13H8Br2ClF3S. The second kappa shape index (κ2) is 5.99. The molecule has 108 valence electrons. The number of benzene rings is 1. The van der Waals surface area contributed by atoms with E-state index in [4.69, 9.17) is 11.6 Å². The lowest BCUT2D eigenvalue weighted by Crippen LogP contribution is -2.06. The van der Waals surface area contributed by atoms with E-state index in [9.17, 15) is 13.2 Å². The molecule has 1 heterocycles. The predicted molar refractivity (Wildman–Crippen MR) is 83.6 cm³/mol. The number of aryl methyl sites for hydroxylation is 1. The minimum Gasteiger partial charge on any atom is -0.166 e. The third-order valence-corrected chi connectivity index (χ3v) is 5.56. The largest absolute Gasteiger partial charge is 0.416 e. The van der Waals surface area contributed by atoms with Gasteiger partial charge in [-0.3, -0.25) is 0 Å². The summed E-state index contributed by atoms with van der Waals surface area (Å²) in [7, 11) is 0. The molecule has 20 heavy (non-hydrogen) atoms. The molecule has 0 saturated carbocycles. The van der Waals surface area contributed by atoms with Gasteiger partial charge in [0, 0.05) is 9.35 Å². The van der Waals surface area contributed by atoms with E-state index in [1.165, 1.54) is 17.4 Å². The molecule has 1 unspecified atom stereocenters. The summed E-state index contributed by atoms with van der Waals surface area (Å²) in [4.78, 5) is 0.973. The van der Waals surface area contributed by atoms with Gasteiger partial charge in [-0.15, -0.1) is 22.9 Å². The highest BCUT2D eigenvalue weighted by Gasteiger charge is 2.32. The molecule has 0 aliphatic heterocycles. The van der Waals surface area contributed by atoms with Gasteiger partial charge in [0.05, 0.1) is 14.7 Å². The first-order chi connectivity index (χ1) is 9.20. The molecule has 1 atom stereocenters. The van der Waals surface area contributed by atoms with Crippen LogP contribution in [0.15, 0.2) is 32.5 Å². The van der Waals surface area contributed by atoms with Crippen molar-refractivity contribution in [3.63, 3.8) is 0 Å². The van der Waals surface area contributed by atoms with Crippen molar-refractivity contribution < 1.29 is 13.2 Å². The van der Waals surface area contributed by atoms with Gasteiger partial charge in [-0.2, -0.15) is 13.2 Å². The number of rotatable bonds is 2. The second-order valence-corrected chi connectivity index (χ2v) is 8.08. The molecule has 0 N–H and O–H groups in total. The Bertz CT molecular complexity index is 637. The first kappa shape index (κ1) is 16.3. The summed E-state index contributed by atoms with van der Waals surface area (Å²) in [6.07, 6.45) is -4.38. The quantitative estimate of drug-likeness (QED) is 0.437. The smallest absolute Gasteiger partial charge is 0.166 e. The Hall–Kier alpha value is -0.0400. The average Bonchev–Trinajstić information content (AvgIpc) is 2.66. The molecule has 0 bridgehead atoms. The lowest BCUT2D eigenvalue weighted by atomic mass is 10.0. The van der Waals surface area contributed by atoms with Crippen molar-refractivity contribution in [2.45, 2.75) is 18.5 Å². The summed E-state index contributed by atoms with van der Waals surface area (Å²) in [5.74, 6) is 0. The summed E-state index contributed by atoms with van der Waals surface area (Å²) in [5.41, 5.74) is 0.520. The van der Waals surface area contributed by atoms with Crippen LogP contribution in [0.2, 0.25) is 0 Å². The summed E-state index contributed by atoms with van der Waals surface area (Å²) >= 11 is 14.5. The van der Waals surface area contributed by atoms with Crippen LogP contribution in [0.5, 0.6) is 0 Å². The van der Waals surface area contributed by atoms with E-state index in [0.29, 0.717) is 10.0 Å². The zero-order chi connectivity index (χ0) is 15.1. The molecule has 1 aromatic heterocycles. The lowest BCUT2D eigenvalue weighted by Gasteiger charge is -2.15. The van der Waals surface area contributed by atoms with Gasteiger partial charge in [0.2, 0.25) is 0 Å². The van der Waals surface area contributed by atoms with Crippen LogP contribution in [-0.4, -0.2) is 0 Å². The lowest BCUT2D eigenvalue weighted by molar-refractivity contribution is -0.137. The molecule has 2 rings (SSSR count). The number of halogens is 6. The van der Waals surface area contributed by atoms with E-state index in [1.807, 2.05) is 13.0 Å². The summed E-state index contributed by atoms with van der Waals surface area (Å²) in [6.45, 7) is 1.89. The van der Waals surface area contributed by atoms with Crippen LogP contribution in [0.1, 0.15) is 26.9 Å². The molecule has 0 fully saturated rings. The third-order valence-electron chi connectivity index (χ3n) is 2.80. The molecule has 0 amide bonds. The monoisotopic (exact) mass is 446 g/mol. The van der Waals surface area contributed by atoms with Crippen LogP contribution in [0.3, 0.4) is 0 Å². The van der Waals surface area contributed by atoms with Crippen LogP contribution in [0, 0.1) is 6.92 Å². The first-order valence-electron chi connectivity index (χ1n) is 5.46. The fourth-order valence-corrected chi connectivity index (χ4v) is 4.62. The topological polar surface area (TPSA) is 0 Å². The normalized spacial score (nSPS) is 13.6. The van der Waals surface area contributed by atoms with E-state index in [-0.39, 0.29) is 0 Å². The van der Waals surface area contributed by atoms with Gasteiger partial charge >= 0.3 is 6.18 Å². The Morgan fingerprint density at radius 1 is 1.15 bits per heavy atom. The minimum atomic E-state index is -4.38. The molecule has 0 aliphatic rings. The second-order valence-electron chi connectivity index (χ2n) is 4.16. The van der Waals surface area contributed by atoms with Gasteiger partial charge < -0.3 is 0 Å². The number of thiophene rings is 1. The maximum absolute atomic E-state index is 12.8.